The molecule has 4 heterocycles. The van der Waals surface area contributed by atoms with Crippen LogP contribution in [0.4, 0.5) is 54.4 Å². The summed E-state index contributed by atoms with van der Waals surface area (Å²) >= 11 is 0. The number of alkyl halides is 4. The topological polar surface area (TPSA) is 249 Å². The van der Waals surface area contributed by atoms with Gasteiger partial charge in [-0.05, 0) is 78.9 Å². The minimum atomic E-state index is -4.50. The van der Waals surface area contributed by atoms with Crippen molar-refractivity contribution >= 4 is 63.7 Å². The van der Waals surface area contributed by atoms with Crippen LogP contribution in [0.5, 0.6) is 28.7 Å². The molecule has 8 rings (SSSR count). The lowest BCUT2D eigenvalue weighted by Crippen LogP contribution is -2.41. The van der Waals surface area contributed by atoms with Gasteiger partial charge in [-0.2, -0.15) is 8.78 Å². The highest BCUT2D eigenvalue weighted by Gasteiger charge is 2.54. The van der Waals surface area contributed by atoms with Crippen molar-refractivity contribution in [2.75, 3.05) is 49.0 Å². The van der Waals surface area contributed by atoms with Gasteiger partial charge in [-0.3, -0.25) is 34.7 Å². The zero-order valence-electron chi connectivity index (χ0n) is 37.6. The van der Waals surface area contributed by atoms with Crippen LogP contribution >= 0.6 is 0 Å². The van der Waals surface area contributed by atoms with E-state index in [0.29, 0.717) is 28.2 Å². The first-order valence-electron chi connectivity index (χ1n) is 20.9. The average molecular weight is 996 g/mol. The number of carbonyl (C=O) groups is 5. The zero-order valence-corrected chi connectivity index (χ0v) is 37.6. The molecule has 0 saturated heterocycles. The third kappa shape index (κ3) is 13.4. The van der Waals surface area contributed by atoms with Crippen molar-refractivity contribution in [2.24, 2.45) is 0 Å². The van der Waals surface area contributed by atoms with Crippen LogP contribution in [0.15, 0.2) is 128 Å². The Bertz CT molecular complexity index is 3170. The highest BCUT2D eigenvalue weighted by atomic mass is 19.3. The first-order valence-corrected chi connectivity index (χ1v) is 20.9. The summed E-state index contributed by atoms with van der Waals surface area (Å²) in [5.41, 5.74) is 0.658. The Kier molecular flexibility index (Phi) is 15.3. The molecule has 72 heavy (non-hydrogen) atoms. The number of fused-ring (bicyclic) bond motifs is 2. The Morgan fingerprint density at radius 2 is 1.25 bits per heavy atom. The molecule has 3 aromatic heterocycles. The van der Waals surface area contributed by atoms with E-state index in [0.717, 1.165) is 24.3 Å². The van der Waals surface area contributed by atoms with E-state index in [1.54, 1.807) is 26.2 Å². The second kappa shape index (κ2) is 21.8. The van der Waals surface area contributed by atoms with Crippen molar-refractivity contribution in [1.29, 1.82) is 0 Å². The summed E-state index contributed by atoms with van der Waals surface area (Å²) in [7, 11) is 4.61. The molecule has 25 heteroatoms. The normalized spacial score (nSPS) is 12.8. The average Bonchev–Trinajstić information content (AvgIpc) is 3.34. The fraction of sp³-hybridized carbons (Fsp3) is 0.128. The first kappa shape index (κ1) is 50.4. The van der Waals surface area contributed by atoms with Crippen LogP contribution in [0, 0.1) is 5.82 Å². The number of nitrogens with one attached hydrogen (secondary N) is 6. The number of anilines is 4. The van der Waals surface area contributed by atoms with E-state index in [-0.39, 0.29) is 58.4 Å². The number of hydrogen-bond donors (Lipinski definition) is 6. The van der Waals surface area contributed by atoms with Gasteiger partial charge in [0, 0.05) is 63.1 Å². The number of nitrogens with zero attached hydrogens (tertiary/aromatic N) is 5. The molecule has 0 bridgehead atoms. The molecule has 0 spiro atoms. The highest BCUT2D eigenvalue weighted by molar-refractivity contribution is 6.00. The summed E-state index contributed by atoms with van der Waals surface area (Å²) in [6.07, 6.45) is -4.66. The van der Waals surface area contributed by atoms with Crippen molar-refractivity contribution in [3.63, 3.8) is 0 Å². The number of amides is 7. The molecule has 4 aromatic carbocycles. The molecule has 0 unspecified atom stereocenters. The third-order valence-electron chi connectivity index (χ3n) is 9.54. The van der Waals surface area contributed by atoms with Crippen LogP contribution < -0.4 is 46.1 Å². The van der Waals surface area contributed by atoms with Crippen LogP contribution in [-0.4, -0.2) is 88.6 Å². The van der Waals surface area contributed by atoms with Crippen LogP contribution in [0.3, 0.4) is 0 Å². The molecule has 7 amide bonds. The number of rotatable bonds is 12. The quantitative estimate of drug-likeness (QED) is 0.0631. The van der Waals surface area contributed by atoms with Crippen LogP contribution in [-0.2, 0) is 15.6 Å². The van der Waals surface area contributed by atoms with Crippen LogP contribution in [0.1, 0.15) is 26.5 Å². The summed E-state index contributed by atoms with van der Waals surface area (Å²) in [4.78, 5) is 77.9. The van der Waals surface area contributed by atoms with E-state index in [1.165, 1.54) is 91.2 Å². The molecule has 0 saturated carbocycles. The number of ether oxygens (including phenoxy) is 4. The Morgan fingerprint density at radius 3 is 1.92 bits per heavy atom. The molecule has 0 aliphatic carbocycles. The summed E-state index contributed by atoms with van der Waals surface area (Å²) < 4.78 is 87.5. The number of pyridine rings is 2. The van der Waals surface area contributed by atoms with Crippen LogP contribution in [0.2, 0.25) is 0 Å². The van der Waals surface area contributed by atoms with E-state index in [4.69, 9.17) is 9.47 Å². The number of aromatic nitrogens is 4. The van der Waals surface area contributed by atoms with Gasteiger partial charge in [-0.15, -0.1) is 8.78 Å². The number of urea groups is 2. The zero-order chi connectivity index (χ0) is 51.6. The van der Waals surface area contributed by atoms with Crippen molar-refractivity contribution < 1.29 is 64.9 Å². The predicted octanol–water partition coefficient (Wildman–Crippen LogP) is 8.30. The van der Waals surface area contributed by atoms with Crippen molar-refractivity contribution in [3.8, 4) is 28.7 Å². The standard InChI is InChI=1S/C25H21F4N5O6.C22H17FN6O3/c1-34(2)21(35)13-31-22(36)19-12-17(9-10-30-19)38-16-6-3-14(4-7-16)32-23(37)33-15-5-8-20-18(11-15)24(26,27)40-25(28,29)39-20;1-24-21(30)19-11-14(8-9-25-19)32-13-6-7-16(15(23)10-13)28-22(31)29-20-12-26-17-4-2-3-5-18(17)27-20/h3-12H,13H2,1-2H3,(H,31,36)(H2,32,33,37);2-12H,1H3,(H,24,30)(H2,27,28,29,31). The Labute approximate surface area is 403 Å². The molecule has 1 aliphatic rings. The number of benzene rings is 4. The Balaban J connectivity index is 0.000000216. The number of likely N-dealkylation sites (N-methyl/N-ethyl adjacent to an activating group) is 1. The van der Waals surface area contributed by atoms with E-state index in [2.05, 4.69) is 61.3 Å². The minimum absolute atomic E-state index is 0.0331. The summed E-state index contributed by atoms with van der Waals surface area (Å²) in [6.45, 7) is -0.193. The van der Waals surface area contributed by atoms with Crippen molar-refractivity contribution in [1.82, 2.24) is 35.5 Å². The van der Waals surface area contributed by atoms with Crippen molar-refractivity contribution in [2.45, 2.75) is 12.4 Å². The molecule has 7 aromatic rings. The number of halogens is 5. The molecule has 0 radical (unpaired) electrons. The number of hydrogen-bond acceptors (Lipinski definition) is 13. The lowest BCUT2D eigenvalue weighted by Gasteiger charge is -2.30. The van der Waals surface area contributed by atoms with E-state index < -0.39 is 47.5 Å². The molecule has 20 nitrogen and oxygen atoms in total. The lowest BCUT2D eigenvalue weighted by atomic mass is 10.1. The second-order valence-corrected chi connectivity index (χ2v) is 15.0. The lowest BCUT2D eigenvalue weighted by molar-refractivity contribution is -0.461. The third-order valence-corrected chi connectivity index (χ3v) is 9.54. The largest absolute Gasteiger partial charge is 0.540 e. The van der Waals surface area contributed by atoms with Crippen LogP contribution in [0.25, 0.3) is 11.0 Å². The monoisotopic (exact) mass is 995 g/mol. The molecular formula is C47H38F5N11O9. The number of carbonyl (C=O) groups excluding carboxylic acids is 5. The number of para-hydroxylation sites is 2. The molecule has 0 fully saturated rings. The van der Waals surface area contributed by atoms with Gasteiger partial charge in [0.15, 0.2) is 5.82 Å². The minimum Gasteiger partial charge on any atom is -0.457 e. The molecule has 0 atom stereocenters. The van der Waals surface area contributed by atoms with Gasteiger partial charge in [0.25, 0.3) is 11.8 Å². The van der Waals surface area contributed by atoms with Gasteiger partial charge in [0.1, 0.15) is 46.0 Å². The molecule has 1 aliphatic heterocycles. The smallest absolute Gasteiger partial charge is 0.457 e. The van der Waals surface area contributed by atoms with Gasteiger partial charge in [0.2, 0.25) is 5.91 Å². The van der Waals surface area contributed by atoms with Crippen molar-refractivity contribution in [3.05, 3.63) is 151 Å². The second-order valence-electron chi connectivity index (χ2n) is 15.0. The van der Waals surface area contributed by atoms with Gasteiger partial charge in [-0.1, -0.05) is 12.1 Å². The summed E-state index contributed by atoms with van der Waals surface area (Å²) in [5.74, 6) is -1.36. The fourth-order valence-electron chi connectivity index (χ4n) is 6.13. The van der Waals surface area contributed by atoms with E-state index in [1.807, 2.05) is 12.1 Å². The maximum atomic E-state index is 14.5. The van der Waals surface area contributed by atoms with Gasteiger partial charge in [-0.25, -0.2) is 23.7 Å². The SMILES string of the molecule is CN(C)C(=O)CNC(=O)c1cc(Oc2ccc(NC(=O)Nc3ccc4c(c3)C(F)(F)OC(F)(F)O4)cc2)ccn1.CNC(=O)c1cc(Oc2ccc(NC(=O)Nc3cnc4ccccc4n3)c(F)c2)ccn1. The maximum absolute atomic E-state index is 14.5. The summed E-state index contributed by atoms with van der Waals surface area (Å²) in [6, 6.07) is 24.3. The molecule has 370 valence electrons. The molecular weight excluding hydrogens is 958 g/mol. The first-order chi connectivity index (χ1) is 34.3. The maximum Gasteiger partial charge on any atom is 0.540 e. The Hall–Kier alpha value is -9.52. The van der Waals surface area contributed by atoms with Gasteiger partial charge in [0.05, 0.1) is 35.0 Å². The summed E-state index contributed by atoms with van der Waals surface area (Å²) in [5, 5.41) is 14.7. The Morgan fingerprint density at radius 1 is 0.653 bits per heavy atom. The fourth-order valence-corrected chi connectivity index (χ4v) is 6.13. The molecule has 6 N–H and O–H groups in total. The predicted molar refractivity (Wildman–Crippen MR) is 248 cm³/mol. The van der Waals surface area contributed by atoms with E-state index >= 15 is 0 Å². The van der Waals surface area contributed by atoms with Gasteiger partial charge >= 0.3 is 24.5 Å². The van der Waals surface area contributed by atoms with E-state index in [9.17, 15) is 45.9 Å². The highest BCUT2D eigenvalue weighted by Crippen LogP contribution is 2.47. The van der Waals surface area contributed by atoms with Gasteiger partial charge < -0.3 is 45.7 Å².